The first-order valence-electron chi connectivity index (χ1n) is 12.8. The summed E-state index contributed by atoms with van der Waals surface area (Å²) in [6, 6.07) is 13.8. The highest BCUT2D eigenvalue weighted by molar-refractivity contribution is 7.09. The van der Waals surface area contributed by atoms with Crippen molar-refractivity contribution in [3.63, 3.8) is 0 Å². The highest BCUT2D eigenvalue weighted by Gasteiger charge is 2.32. The number of benzene rings is 2. The third-order valence-electron chi connectivity index (χ3n) is 6.76. The van der Waals surface area contributed by atoms with Crippen LogP contribution in [0.4, 0.5) is 23.0 Å². The minimum Gasteiger partial charge on any atom is -0.494 e. The number of H-pyrrole nitrogens is 1. The van der Waals surface area contributed by atoms with E-state index in [4.69, 9.17) is 9.72 Å². The van der Waals surface area contributed by atoms with Crippen molar-refractivity contribution in [2.75, 3.05) is 45.4 Å². The topological polar surface area (TPSA) is 121 Å². The number of aromatic nitrogens is 3. The van der Waals surface area contributed by atoms with Crippen molar-refractivity contribution in [1.29, 1.82) is 0 Å². The Morgan fingerprint density at radius 1 is 1.12 bits per heavy atom. The molecule has 11 heteroatoms. The summed E-state index contributed by atoms with van der Waals surface area (Å²) in [5.74, 6) is 0.846. The highest BCUT2D eigenvalue weighted by atomic mass is 32.1. The van der Waals surface area contributed by atoms with Crippen LogP contribution in [0.2, 0.25) is 0 Å². The molecule has 0 amide bonds. The van der Waals surface area contributed by atoms with Crippen LogP contribution in [0.15, 0.2) is 60.2 Å². The molecule has 0 aliphatic rings. The van der Waals surface area contributed by atoms with Gasteiger partial charge < -0.3 is 25.3 Å². The predicted octanol–water partition coefficient (Wildman–Crippen LogP) is 6.08. The first kappa shape index (κ1) is 27.1. The van der Waals surface area contributed by atoms with Crippen molar-refractivity contribution in [3.05, 3.63) is 86.4 Å². The molecular weight excluding hydrogens is 526 g/mol. The largest absolute Gasteiger partial charge is 0.494 e. The summed E-state index contributed by atoms with van der Waals surface area (Å²) in [5, 5.41) is 22.1. The van der Waals surface area contributed by atoms with Gasteiger partial charge in [-0.3, -0.25) is 10.1 Å². The van der Waals surface area contributed by atoms with Crippen LogP contribution in [0.3, 0.4) is 0 Å². The van der Waals surface area contributed by atoms with Gasteiger partial charge in [0, 0.05) is 59.3 Å². The van der Waals surface area contributed by atoms with Crippen LogP contribution in [0.5, 0.6) is 5.75 Å². The lowest BCUT2D eigenvalue weighted by atomic mass is 9.96. The maximum absolute atomic E-state index is 12.6. The van der Waals surface area contributed by atoms with Crippen LogP contribution >= 0.6 is 11.3 Å². The molecule has 0 aliphatic heterocycles. The fourth-order valence-corrected chi connectivity index (χ4v) is 5.66. The monoisotopic (exact) mass is 557 g/mol. The van der Waals surface area contributed by atoms with Crippen LogP contribution in [-0.2, 0) is 12.8 Å². The van der Waals surface area contributed by atoms with E-state index >= 15 is 0 Å². The summed E-state index contributed by atoms with van der Waals surface area (Å²) >= 11 is 1.59. The minimum absolute atomic E-state index is 0.0204. The zero-order chi connectivity index (χ0) is 28.2. The fraction of sp³-hybridized carbons (Fsp3) is 0.241. The van der Waals surface area contributed by atoms with Gasteiger partial charge >= 0.3 is 0 Å². The molecule has 0 saturated carbocycles. The molecule has 0 bridgehead atoms. The van der Waals surface area contributed by atoms with Crippen molar-refractivity contribution >= 4 is 45.3 Å². The molecule has 0 atom stereocenters. The van der Waals surface area contributed by atoms with Crippen molar-refractivity contribution in [1.82, 2.24) is 19.9 Å². The van der Waals surface area contributed by atoms with E-state index in [0.717, 1.165) is 27.0 Å². The zero-order valence-electron chi connectivity index (χ0n) is 22.8. The number of nitro groups is 1. The molecule has 3 aromatic heterocycles. The maximum Gasteiger partial charge on any atom is 0.298 e. The van der Waals surface area contributed by atoms with Crippen molar-refractivity contribution in [2.45, 2.75) is 12.8 Å². The number of para-hydroxylation sites is 1. The average molecular weight is 558 g/mol. The number of ether oxygens (including phenoxy) is 1. The molecule has 0 saturated heterocycles. The Labute approximate surface area is 236 Å². The Balaban J connectivity index is 1.68. The molecule has 10 nitrogen and oxygen atoms in total. The second-order valence-corrected chi connectivity index (χ2v) is 10.6. The van der Waals surface area contributed by atoms with Crippen LogP contribution in [0.1, 0.15) is 16.0 Å². The normalized spacial score (nSPS) is 11.2. The van der Waals surface area contributed by atoms with Crippen molar-refractivity contribution in [3.8, 4) is 17.0 Å². The molecule has 5 aromatic rings. The Hall–Kier alpha value is -4.48. The number of hydrogen-bond acceptors (Lipinski definition) is 9. The van der Waals surface area contributed by atoms with E-state index in [0.29, 0.717) is 53.6 Å². The summed E-state index contributed by atoms with van der Waals surface area (Å²) in [6.45, 7) is 0.600. The molecule has 3 N–H and O–H groups in total. The lowest BCUT2D eigenvalue weighted by Crippen LogP contribution is -2.18. The van der Waals surface area contributed by atoms with Gasteiger partial charge in [-0.1, -0.05) is 24.3 Å². The van der Waals surface area contributed by atoms with Crippen LogP contribution in [0, 0.1) is 10.1 Å². The number of nitrogens with zero attached hydrogens (tertiary/aromatic N) is 4. The number of likely N-dealkylation sites (N-methyl/N-ethyl adjacent to an activating group) is 1. The molecule has 0 spiro atoms. The molecule has 0 radical (unpaired) electrons. The fourth-order valence-electron chi connectivity index (χ4n) is 4.94. The predicted molar refractivity (Wildman–Crippen MR) is 161 cm³/mol. The van der Waals surface area contributed by atoms with Gasteiger partial charge in [-0.05, 0) is 44.1 Å². The van der Waals surface area contributed by atoms with Gasteiger partial charge in [0.25, 0.3) is 5.69 Å². The number of thiophene rings is 1. The summed E-state index contributed by atoms with van der Waals surface area (Å²) in [6.07, 6.45) is 4.49. The Kier molecular flexibility index (Phi) is 7.94. The number of methoxy groups -OCH3 is 1. The Morgan fingerprint density at radius 3 is 2.65 bits per heavy atom. The van der Waals surface area contributed by atoms with Crippen molar-refractivity contribution in [2.24, 2.45) is 0 Å². The summed E-state index contributed by atoms with van der Waals surface area (Å²) in [5.41, 5.74) is 4.86. The van der Waals surface area contributed by atoms with E-state index in [9.17, 15) is 10.1 Å². The van der Waals surface area contributed by atoms with Gasteiger partial charge in [-0.2, -0.15) is 0 Å². The first-order chi connectivity index (χ1) is 19.4. The van der Waals surface area contributed by atoms with Crippen LogP contribution in [-0.4, -0.2) is 59.6 Å². The number of anilines is 3. The van der Waals surface area contributed by atoms with E-state index in [2.05, 4.69) is 20.6 Å². The van der Waals surface area contributed by atoms with Crippen LogP contribution in [0.25, 0.3) is 22.2 Å². The lowest BCUT2D eigenvalue weighted by Gasteiger charge is -2.23. The minimum atomic E-state index is -0.317. The molecule has 206 valence electrons. The molecule has 40 heavy (non-hydrogen) atoms. The summed E-state index contributed by atoms with van der Waals surface area (Å²) in [4.78, 5) is 27.9. The molecule has 0 unspecified atom stereocenters. The third kappa shape index (κ3) is 5.33. The summed E-state index contributed by atoms with van der Waals surface area (Å²) in [7, 11) is 7.17. The number of nitro benzene ring substituents is 1. The maximum atomic E-state index is 12.6. The van der Waals surface area contributed by atoms with E-state index < -0.39 is 0 Å². The molecule has 3 heterocycles. The number of rotatable bonds is 11. The number of nitrogens with one attached hydrogen (secondary N) is 3. The Morgan fingerprint density at radius 2 is 1.95 bits per heavy atom. The summed E-state index contributed by atoms with van der Waals surface area (Å²) < 4.78 is 5.99. The van der Waals surface area contributed by atoms with E-state index in [1.807, 2.05) is 73.0 Å². The number of hydrogen-bond donors (Lipinski definition) is 3. The second-order valence-electron chi connectivity index (χ2n) is 9.54. The van der Waals surface area contributed by atoms with Gasteiger partial charge in [-0.25, -0.2) is 9.97 Å². The third-order valence-corrected chi connectivity index (χ3v) is 7.64. The molecule has 5 rings (SSSR count). The van der Waals surface area contributed by atoms with E-state index in [1.165, 1.54) is 0 Å². The lowest BCUT2D eigenvalue weighted by molar-refractivity contribution is -0.384. The average Bonchev–Trinajstić information content (AvgIpc) is 3.62. The van der Waals surface area contributed by atoms with Gasteiger partial charge in [0.1, 0.15) is 11.4 Å². The van der Waals surface area contributed by atoms with Gasteiger partial charge in [0.15, 0.2) is 0 Å². The molecular formula is C29H31N7O3S. The van der Waals surface area contributed by atoms with Crippen LogP contribution < -0.4 is 15.4 Å². The molecule has 2 aromatic carbocycles. The number of aromatic amines is 1. The molecule has 0 aliphatic carbocycles. The smallest absolute Gasteiger partial charge is 0.298 e. The van der Waals surface area contributed by atoms with Gasteiger partial charge in [-0.15, -0.1) is 11.3 Å². The first-order valence-corrected chi connectivity index (χ1v) is 13.7. The SMILES string of the molecule is CNc1c(Cc2cccs2)c(OC)c(Nc2nccc(-c3c[nH]c4ccccc34)n2)c(CCN(C)C)c1[N+](=O)[O-]. The van der Waals surface area contributed by atoms with E-state index in [1.54, 1.807) is 31.7 Å². The molecule has 0 fully saturated rings. The standard InChI is InChI=1S/C29H31N7O3S/c1-30-25-21(16-18-8-7-15-40-18)28(39-4)26(20(12-14-35(2)3)27(25)36(37)38)34-29-31-13-11-24(33-29)22-17-32-23-10-6-5-9-19(22)23/h5-11,13,15,17,30,32H,12,14,16H2,1-4H3,(H,31,33,34). The number of fused-ring (bicyclic) bond motifs is 1. The highest BCUT2D eigenvalue weighted by Crippen LogP contribution is 2.47. The second kappa shape index (κ2) is 11.7. The van der Waals surface area contributed by atoms with E-state index in [-0.39, 0.29) is 10.6 Å². The van der Waals surface area contributed by atoms with Gasteiger partial charge in [0.2, 0.25) is 5.95 Å². The quantitative estimate of drug-likeness (QED) is 0.132. The Bertz CT molecular complexity index is 1650. The van der Waals surface area contributed by atoms with Crippen molar-refractivity contribution < 1.29 is 9.66 Å². The zero-order valence-corrected chi connectivity index (χ0v) is 23.6. The van der Waals surface area contributed by atoms with Gasteiger partial charge in [0.05, 0.1) is 29.0 Å².